The molecule has 1 N–H and O–H groups in total. The average molecular weight is 250 g/mol. The number of fused-ring (bicyclic) bond motifs is 1. The zero-order valence-electron chi connectivity index (χ0n) is 9.91. The monoisotopic (exact) mass is 249 g/mol. The summed E-state index contributed by atoms with van der Waals surface area (Å²) in [7, 11) is 0. The lowest BCUT2D eigenvalue weighted by molar-refractivity contribution is 0.444. The number of halogens is 1. The third-order valence-electron chi connectivity index (χ3n) is 3.56. The van der Waals surface area contributed by atoms with Crippen LogP contribution in [0.1, 0.15) is 30.1 Å². The van der Waals surface area contributed by atoms with Crippen LogP contribution in [0.4, 0.5) is 0 Å². The highest BCUT2D eigenvalue weighted by Gasteiger charge is 2.21. The van der Waals surface area contributed by atoms with Gasteiger partial charge in [0.1, 0.15) is 5.82 Å². The first-order valence-electron chi connectivity index (χ1n) is 6.11. The van der Waals surface area contributed by atoms with E-state index in [1.54, 1.807) is 0 Å². The van der Waals surface area contributed by atoms with Crippen LogP contribution in [0.15, 0.2) is 18.3 Å². The molecule has 0 aromatic carbocycles. The Bertz CT molecular complexity index is 541. The molecule has 0 amide bonds. The fraction of sp³-hybridized carbons (Fsp3) is 0.462. The lowest BCUT2D eigenvalue weighted by atomic mass is 9.97. The van der Waals surface area contributed by atoms with Gasteiger partial charge in [-0.25, -0.2) is 4.98 Å². The zero-order chi connectivity index (χ0) is 11.8. The van der Waals surface area contributed by atoms with Gasteiger partial charge < -0.3 is 9.72 Å². The molecule has 1 saturated heterocycles. The van der Waals surface area contributed by atoms with E-state index in [1.165, 1.54) is 5.56 Å². The Balaban J connectivity index is 2.13. The Kier molecular flexibility index (Phi) is 2.81. The number of imidazole rings is 1. The zero-order valence-corrected chi connectivity index (χ0v) is 10.7. The SMILES string of the molecule is Cc1cccn2c(C3CCNCC3)nc(Cl)c12. The summed E-state index contributed by atoms with van der Waals surface area (Å²) < 4.78 is 2.16. The molecule has 0 saturated carbocycles. The molecular formula is C13H16ClN3. The minimum Gasteiger partial charge on any atom is -0.317 e. The molecule has 3 rings (SSSR count). The van der Waals surface area contributed by atoms with Crippen molar-refractivity contribution < 1.29 is 0 Å². The van der Waals surface area contributed by atoms with Crippen LogP contribution in [0, 0.1) is 6.92 Å². The number of pyridine rings is 1. The van der Waals surface area contributed by atoms with Gasteiger partial charge in [0.15, 0.2) is 5.15 Å². The first-order chi connectivity index (χ1) is 8.27. The summed E-state index contributed by atoms with van der Waals surface area (Å²) in [5.74, 6) is 1.65. The summed E-state index contributed by atoms with van der Waals surface area (Å²) in [5.41, 5.74) is 2.24. The van der Waals surface area contributed by atoms with E-state index in [1.807, 2.05) is 0 Å². The number of hydrogen-bond acceptors (Lipinski definition) is 2. The molecule has 2 aromatic rings. The minimum atomic E-state index is 0.526. The van der Waals surface area contributed by atoms with Crippen molar-refractivity contribution in [3.05, 3.63) is 34.9 Å². The van der Waals surface area contributed by atoms with Crippen molar-refractivity contribution in [2.24, 2.45) is 0 Å². The molecule has 90 valence electrons. The topological polar surface area (TPSA) is 29.3 Å². The molecule has 1 aliphatic rings. The van der Waals surface area contributed by atoms with Crippen molar-refractivity contribution in [1.82, 2.24) is 14.7 Å². The molecule has 0 radical (unpaired) electrons. The molecule has 0 unspecified atom stereocenters. The molecule has 1 aliphatic heterocycles. The van der Waals surface area contributed by atoms with Gasteiger partial charge in [-0.05, 0) is 44.5 Å². The van der Waals surface area contributed by atoms with Gasteiger partial charge in [-0.3, -0.25) is 0 Å². The quantitative estimate of drug-likeness (QED) is 0.842. The molecule has 3 heterocycles. The normalized spacial score (nSPS) is 17.8. The summed E-state index contributed by atoms with van der Waals surface area (Å²) in [6.07, 6.45) is 4.35. The van der Waals surface area contributed by atoms with Crippen LogP contribution in [0.3, 0.4) is 0 Å². The Morgan fingerprint density at radius 3 is 2.94 bits per heavy atom. The van der Waals surface area contributed by atoms with E-state index >= 15 is 0 Å². The van der Waals surface area contributed by atoms with E-state index in [-0.39, 0.29) is 0 Å². The van der Waals surface area contributed by atoms with Gasteiger partial charge in [0, 0.05) is 12.1 Å². The predicted octanol–water partition coefficient (Wildman–Crippen LogP) is 2.76. The fourth-order valence-electron chi connectivity index (χ4n) is 2.65. The lowest BCUT2D eigenvalue weighted by Crippen LogP contribution is -2.27. The second kappa shape index (κ2) is 4.31. The van der Waals surface area contributed by atoms with Crippen LogP contribution in [0.25, 0.3) is 5.52 Å². The molecule has 0 spiro atoms. The van der Waals surface area contributed by atoms with Crippen LogP contribution in [0.2, 0.25) is 5.15 Å². The second-order valence-corrected chi connectivity index (χ2v) is 5.05. The molecule has 0 atom stereocenters. The highest BCUT2D eigenvalue weighted by Crippen LogP contribution is 2.29. The van der Waals surface area contributed by atoms with Gasteiger partial charge in [-0.1, -0.05) is 17.7 Å². The van der Waals surface area contributed by atoms with Crippen molar-refractivity contribution in [3.63, 3.8) is 0 Å². The number of aryl methyl sites for hydroxylation is 1. The van der Waals surface area contributed by atoms with Gasteiger partial charge in [-0.2, -0.15) is 0 Å². The van der Waals surface area contributed by atoms with Gasteiger partial charge >= 0.3 is 0 Å². The minimum absolute atomic E-state index is 0.526. The van der Waals surface area contributed by atoms with Gasteiger partial charge in [-0.15, -0.1) is 0 Å². The highest BCUT2D eigenvalue weighted by molar-refractivity contribution is 6.32. The predicted molar refractivity (Wildman–Crippen MR) is 69.8 cm³/mol. The van der Waals surface area contributed by atoms with E-state index in [0.717, 1.165) is 37.3 Å². The number of rotatable bonds is 1. The Hall–Kier alpha value is -1.06. The second-order valence-electron chi connectivity index (χ2n) is 4.69. The number of piperidine rings is 1. The van der Waals surface area contributed by atoms with Crippen LogP contribution in [-0.4, -0.2) is 22.5 Å². The van der Waals surface area contributed by atoms with Crippen molar-refractivity contribution in [2.75, 3.05) is 13.1 Å². The van der Waals surface area contributed by atoms with E-state index in [0.29, 0.717) is 11.1 Å². The third kappa shape index (κ3) is 1.83. The maximum absolute atomic E-state index is 6.25. The largest absolute Gasteiger partial charge is 0.317 e. The van der Waals surface area contributed by atoms with Gasteiger partial charge in [0.25, 0.3) is 0 Å². The number of nitrogens with one attached hydrogen (secondary N) is 1. The summed E-state index contributed by atoms with van der Waals surface area (Å²) in [5, 5.41) is 4.02. The molecule has 1 fully saturated rings. The lowest BCUT2D eigenvalue weighted by Gasteiger charge is -2.21. The highest BCUT2D eigenvalue weighted by atomic mass is 35.5. The standard InChI is InChI=1S/C13H16ClN3/c1-9-3-2-8-17-11(9)12(14)16-13(17)10-4-6-15-7-5-10/h2-3,8,10,15H,4-7H2,1H3. The van der Waals surface area contributed by atoms with E-state index in [2.05, 4.69) is 40.0 Å². The molecular weight excluding hydrogens is 234 g/mol. The van der Waals surface area contributed by atoms with Crippen molar-refractivity contribution in [2.45, 2.75) is 25.7 Å². The van der Waals surface area contributed by atoms with Crippen LogP contribution < -0.4 is 5.32 Å². The number of aromatic nitrogens is 2. The molecule has 2 aromatic heterocycles. The van der Waals surface area contributed by atoms with Gasteiger partial charge in [0.05, 0.1) is 5.52 Å². The molecule has 0 bridgehead atoms. The summed E-state index contributed by atoms with van der Waals surface area (Å²) in [6.45, 7) is 4.22. The summed E-state index contributed by atoms with van der Waals surface area (Å²) in [4.78, 5) is 4.57. The number of nitrogens with zero attached hydrogens (tertiary/aromatic N) is 2. The molecule has 17 heavy (non-hydrogen) atoms. The van der Waals surface area contributed by atoms with Crippen LogP contribution >= 0.6 is 11.6 Å². The summed E-state index contributed by atoms with van der Waals surface area (Å²) in [6, 6.07) is 4.14. The number of hydrogen-bond donors (Lipinski definition) is 1. The van der Waals surface area contributed by atoms with Crippen molar-refractivity contribution in [3.8, 4) is 0 Å². The Morgan fingerprint density at radius 1 is 1.41 bits per heavy atom. The molecule has 0 aliphatic carbocycles. The maximum atomic E-state index is 6.25. The van der Waals surface area contributed by atoms with Crippen LogP contribution in [-0.2, 0) is 0 Å². The molecule has 3 nitrogen and oxygen atoms in total. The van der Waals surface area contributed by atoms with E-state index in [9.17, 15) is 0 Å². The smallest absolute Gasteiger partial charge is 0.155 e. The van der Waals surface area contributed by atoms with Crippen molar-refractivity contribution in [1.29, 1.82) is 0 Å². The molecule has 4 heteroatoms. The fourth-order valence-corrected chi connectivity index (χ4v) is 2.97. The summed E-state index contributed by atoms with van der Waals surface area (Å²) >= 11 is 6.25. The first kappa shape index (κ1) is 11.1. The third-order valence-corrected chi connectivity index (χ3v) is 3.82. The Labute approximate surface area is 106 Å². The van der Waals surface area contributed by atoms with Gasteiger partial charge in [0.2, 0.25) is 0 Å². The Morgan fingerprint density at radius 2 is 2.18 bits per heavy atom. The first-order valence-corrected chi connectivity index (χ1v) is 6.49. The van der Waals surface area contributed by atoms with E-state index in [4.69, 9.17) is 11.6 Å². The van der Waals surface area contributed by atoms with Crippen molar-refractivity contribution >= 4 is 17.1 Å². The van der Waals surface area contributed by atoms with Crippen LogP contribution in [0.5, 0.6) is 0 Å². The maximum Gasteiger partial charge on any atom is 0.155 e. The van der Waals surface area contributed by atoms with E-state index < -0.39 is 0 Å². The average Bonchev–Trinajstić information content (AvgIpc) is 2.69.